The van der Waals surface area contributed by atoms with Crippen LogP contribution in [0.5, 0.6) is 0 Å². The molecule has 0 atom stereocenters. The number of carbonyl (C=O) groups is 1. The summed E-state index contributed by atoms with van der Waals surface area (Å²) in [5.41, 5.74) is 3.98. The first kappa shape index (κ1) is 20.5. The molecule has 33 heavy (non-hydrogen) atoms. The second-order valence-electron chi connectivity index (χ2n) is 7.73. The van der Waals surface area contributed by atoms with Crippen molar-refractivity contribution in [3.63, 3.8) is 0 Å². The molecule has 6 nitrogen and oxygen atoms in total. The van der Waals surface area contributed by atoms with Gasteiger partial charge in [-0.1, -0.05) is 66.7 Å². The largest absolute Gasteiger partial charge is 0.422 e. The van der Waals surface area contributed by atoms with Crippen LogP contribution in [-0.4, -0.2) is 15.7 Å². The molecule has 3 aromatic carbocycles. The summed E-state index contributed by atoms with van der Waals surface area (Å²) in [6.45, 7) is 0.996. The Balaban J connectivity index is 1.34. The topological polar surface area (TPSA) is 77.1 Å². The van der Waals surface area contributed by atoms with Crippen LogP contribution in [0.25, 0.3) is 22.1 Å². The summed E-state index contributed by atoms with van der Waals surface area (Å²) in [5, 5.41) is 7.81. The van der Waals surface area contributed by atoms with E-state index in [1.54, 1.807) is 30.5 Å². The van der Waals surface area contributed by atoms with Crippen molar-refractivity contribution in [3.05, 3.63) is 124 Å². The summed E-state index contributed by atoms with van der Waals surface area (Å²) in [4.78, 5) is 25.0. The molecule has 0 radical (unpaired) electrons. The fourth-order valence-corrected chi connectivity index (χ4v) is 3.82. The Kier molecular flexibility index (Phi) is 5.55. The van der Waals surface area contributed by atoms with Crippen LogP contribution < -0.4 is 10.9 Å². The van der Waals surface area contributed by atoms with Crippen LogP contribution in [0.4, 0.5) is 0 Å². The molecule has 5 rings (SSSR count). The fraction of sp³-hybridized carbons (Fsp3) is 0.0741. The zero-order valence-electron chi connectivity index (χ0n) is 17.8. The van der Waals surface area contributed by atoms with Gasteiger partial charge in [0, 0.05) is 24.3 Å². The molecular weight excluding hydrogens is 414 g/mol. The third kappa shape index (κ3) is 4.45. The van der Waals surface area contributed by atoms with Gasteiger partial charge >= 0.3 is 5.63 Å². The molecule has 0 spiro atoms. The Morgan fingerprint density at radius 3 is 2.55 bits per heavy atom. The molecule has 0 bridgehead atoms. The van der Waals surface area contributed by atoms with Crippen LogP contribution in [-0.2, 0) is 13.1 Å². The summed E-state index contributed by atoms with van der Waals surface area (Å²) in [5.74, 6) is -0.459. The lowest BCUT2D eigenvalue weighted by Crippen LogP contribution is -2.28. The third-order valence-corrected chi connectivity index (χ3v) is 5.51. The van der Waals surface area contributed by atoms with Crippen LogP contribution in [0.2, 0.25) is 0 Å². The number of hydrogen-bond acceptors (Lipinski definition) is 4. The second-order valence-corrected chi connectivity index (χ2v) is 7.73. The van der Waals surface area contributed by atoms with Crippen LogP contribution in [0.3, 0.4) is 0 Å². The number of para-hydroxylation sites is 1. The molecular formula is C27H21N3O3. The Bertz CT molecular complexity index is 1470. The lowest BCUT2D eigenvalue weighted by molar-refractivity contribution is 0.0947. The molecule has 2 aromatic heterocycles. The van der Waals surface area contributed by atoms with Crippen molar-refractivity contribution < 1.29 is 9.21 Å². The highest BCUT2D eigenvalue weighted by Crippen LogP contribution is 2.24. The molecule has 1 amide bonds. The van der Waals surface area contributed by atoms with Crippen molar-refractivity contribution in [1.29, 1.82) is 0 Å². The molecule has 2 heterocycles. The third-order valence-electron chi connectivity index (χ3n) is 5.51. The van der Waals surface area contributed by atoms with Gasteiger partial charge in [-0.15, -0.1) is 0 Å². The number of amides is 1. The predicted molar refractivity (Wildman–Crippen MR) is 127 cm³/mol. The Morgan fingerprint density at radius 2 is 1.73 bits per heavy atom. The van der Waals surface area contributed by atoms with Crippen molar-refractivity contribution in [2.24, 2.45) is 0 Å². The summed E-state index contributed by atoms with van der Waals surface area (Å²) in [6, 6.07) is 26.8. The van der Waals surface area contributed by atoms with Gasteiger partial charge < -0.3 is 9.73 Å². The van der Waals surface area contributed by atoms with Crippen molar-refractivity contribution in [2.45, 2.75) is 13.1 Å². The molecule has 0 fully saturated rings. The van der Waals surface area contributed by atoms with E-state index < -0.39 is 11.5 Å². The Hall–Kier alpha value is -4.45. The van der Waals surface area contributed by atoms with Gasteiger partial charge in [-0.3, -0.25) is 9.48 Å². The average Bonchev–Trinajstić information content (AvgIpc) is 3.36. The van der Waals surface area contributed by atoms with E-state index in [0.717, 1.165) is 22.3 Å². The quantitative estimate of drug-likeness (QED) is 0.395. The first-order valence-electron chi connectivity index (χ1n) is 10.6. The summed E-state index contributed by atoms with van der Waals surface area (Å²) in [6.07, 6.45) is 3.70. The molecule has 0 aliphatic heterocycles. The summed E-state index contributed by atoms with van der Waals surface area (Å²) in [7, 11) is 0. The maximum Gasteiger partial charge on any atom is 0.349 e. The molecule has 1 N–H and O–H groups in total. The average molecular weight is 435 g/mol. The van der Waals surface area contributed by atoms with E-state index in [2.05, 4.69) is 34.7 Å². The molecule has 0 aliphatic carbocycles. The Labute approximate surface area is 190 Å². The lowest BCUT2D eigenvalue weighted by atomic mass is 9.98. The second kappa shape index (κ2) is 8.96. The minimum absolute atomic E-state index is 0.00541. The van der Waals surface area contributed by atoms with Gasteiger partial charge in [-0.25, -0.2) is 4.79 Å². The van der Waals surface area contributed by atoms with E-state index in [4.69, 9.17) is 4.42 Å². The van der Waals surface area contributed by atoms with E-state index in [0.29, 0.717) is 17.5 Å². The van der Waals surface area contributed by atoms with Gasteiger partial charge in [0.15, 0.2) is 0 Å². The minimum Gasteiger partial charge on any atom is -0.422 e. The maximum atomic E-state index is 12.7. The van der Waals surface area contributed by atoms with Gasteiger partial charge in [-0.2, -0.15) is 5.10 Å². The highest BCUT2D eigenvalue weighted by atomic mass is 16.4. The molecule has 0 aliphatic rings. The molecule has 0 saturated heterocycles. The first-order valence-corrected chi connectivity index (χ1v) is 10.6. The van der Waals surface area contributed by atoms with E-state index in [1.807, 2.05) is 47.3 Å². The summed E-state index contributed by atoms with van der Waals surface area (Å²) >= 11 is 0. The van der Waals surface area contributed by atoms with Crippen LogP contribution >= 0.6 is 0 Å². The molecule has 0 saturated carbocycles. The summed E-state index contributed by atoms with van der Waals surface area (Å²) < 4.78 is 7.16. The first-order chi connectivity index (χ1) is 16.2. The minimum atomic E-state index is -0.646. The van der Waals surface area contributed by atoms with Gasteiger partial charge in [0.1, 0.15) is 11.1 Å². The number of aromatic nitrogens is 2. The van der Waals surface area contributed by atoms with Crippen molar-refractivity contribution in [1.82, 2.24) is 15.1 Å². The number of rotatable bonds is 6. The molecule has 0 unspecified atom stereocenters. The molecule has 6 heteroatoms. The highest BCUT2D eigenvalue weighted by Gasteiger charge is 2.14. The lowest BCUT2D eigenvalue weighted by Gasteiger charge is -2.12. The van der Waals surface area contributed by atoms with Crippen molar-refractivity contribution in [2.75, 3.05) is 0 Å². The van der Waals surface area contributed by atoms with Crippen molar-refractivity contribution >= 4 is 16.9 Å². The van der Waals surface area contributed by atoms with Gasteiger partial charge in [0.25, 0.3) is 5.91 Å². The standard InChI is InChI=1S/C27H21N3O3/c31-26(24-16-21-6-2-4-9-25(21)33-27(24)32)28-17-22-7-1-3-8-23(22)20-12-10-19(11-13-20)18-30-15-5-14-29-30/h1-16H,17-18H2,(H,28,31). The number of carbonyl (C=O) groups excluding carboxylic acids is 1. The molecule has 5 aromatic rings. The van der Waals surface area contributed by atoms with E-state index >= 15 is 0 Å². The maximum absolute atomic E-state index is 12.7. The number of nitrogens with one attached hydrogen (secondary N) is 1. The van der Waals surface area contributed by atoms with Gasteiger partial charge in [-0.05, 0) is 40.5 Å². The smallest absolute Gasteiger partial charge is 0.349 e. The van der Waals surface area contributed by atoms with Gasteiger partial charge in [0.2, 0.25) is 0 Å². The predicted octanol–water partition coefficient (Wildman–Crippen LogP) is 4.63. The number of fused-ring (bicyclic) bond motifs is 1. The van der Waals surface area contributed by atoms with Crippen molar-refractivity contribution in [3.8, 4) is 11.1 Å². The number of benzene rings is 3. The van der Waals surface area contributed by atoms with E-state index in [1.165, 1.54) is 0 Å². The number of hydrogen-bond donors (Lipinski definition) is 1. The fourth-order valence-electron chi connectivity index (χ4n) is 3.82. The van der Waals surface area contributed by atoms with Crippen LogP contribution in [0, 0.1) is 0 Å². The van der Waals surface area contributed by atoms with E-state index in [9.17, 15) is 9.59 Å². The zero-order valence-corrected chi connectivity index (χ0v) is 17.8. The van der Waals surface area contributed by atoms with Crippen LogP contribution in [0.15, 0.2) is 107 Å². The van der Waals surface area contributed by atoms with E-state index in [-0.39, 0.29) is 12.1 Å². The monoisotopic (exact) mass is 435 g/mol. The number of nitrogens with zero attached hydrogens (tertiary/aromatic N) is 2. The zero-order chi connectivity index (χ0) is 22.6. The molecule has 162 valence electrons. The SMILES string of the molecule is O=C(NCc1ccccc1-c1ccc(Cn2cccn2)cc1)c1cc2ccccc2oc1=O. The normalized spacial score (nSPS) is 10.9. The highest BCUT2D eigenvalue weighted by molar-refractivity contribution is 5.96. The van der Waals surface area contributed by atoms with Crippen LogP contribution in [0.1, 0.15) is 21.5 Å². The Morgan fingerprint density at radius 1 is 0.939 bits per heavy atom. The van der Waals surface area contributed by atoms with Gasteiger partial charge in [0.05, 0.1) is 6.54 Å².